The fourth-order valence-electron chi connectivity index (χ4n) is 2.30. The Labute approximate surface area is 146 Å². The number of thioether (sulfide) groups is 1. The molecule has 0 spiro atoms. The molecule has 0 aliphatic heterocycles. The number of methoxy groups -OCH3 is 1. The van der Waals surface area contributed by atoms with Crippen LogP contribution < -0.4 is 5.32 Å². The molecule has 2 aromatic carbocycles. The molecular weight excluding hydrogens is 325 g/mol. The topological polar surface area (TPSA) is 38.3 Å². The molecule has 1 amide bonds. The summed E-state index contributed by atoms with van der Waals surface area (Å²) in [5.41, 5.74) is -0.459. The predicted molar refractivity (Wildman–Crippen MR) is 95.6 cm³/mol. The number of hydrogen-bond acceptors (Lipinski definition) is 3. The molecule has 0 aromatic heterocycles. The third-order valence-electron chi connectivity index (χ3n) is 3.86. The van der Waals surface area contributed by atoms with Crippen molar-refractivity contribution >= 4 is 17.7 Å². The SMILES string of the molecule is COC(C)(CNC(=O)CCSc1ccccc1)c1ccccc1F. The van der Waals surface area contributed by atoms with Crippen molar-refractivity contribution < 1.29 is 13.9 Å². The van der Waals surface area contributed by atoms with Crippen molar-refractivity contribution in [3.05, 3.63) is 66.0 Å². The number of nitrogens with one attached hydrogen (secondary N) is 1. The largest absolute Gasteiger partial charge is 0.372 e. The summed E-state index contributed by atoms with van der Waals surface area (Å²) in [7, 11) is 1.52. The zero-order chi connectivity index (χ0) is 17.4. The molecule has 0 saturated carbocycles. The summed E-state index contributed by atoms with van der Waals surface area (Å²) < 4.78 is 19.5. The van der Waals surface area contributed by atoms with Gasteiger partial charge in [0.05, 0.1) is 6.54 Å². The standard InChI is InChI=1S/C19H22FNO2S/c1-19(23-2,16-10-6-7-11-17(16)20)14-21-18(22)12-13-24-15-8-4-3-5-9-15/h3-11H,12-14H2,1-2H3,(H,21,22). The predicted octanol–water partition coefficient (Wildman–Crippen LogP) is 3.99. The maximum absolute atomic E-state index is 14.0. The fourth-order valence-corrected chi connectivity index (χ4v) is 3.17. The van der Waals surface area contributed by atoms with Crippen LogP contribution in [0.15, 0.2) is 59.5 Å². The first-order valence-corrected chi connectivity index (χ1v) is 8.78. The summed E-state index contributed by atoms with van der Waals surface area (Å²) in [6.45, 7) is 1.99. The van der Waals surface area contributed by atoms with Gasteiger partial charge in [0.1, 0.15) is 11.4 Å². The van der Waals surface area contributed by atoms with Crippen LogP contribution in [-0.2, 0) is 15.1 Å². The first-order valence-electron chi connectivity index (χ1n) is 7.80. The molecule has 2 rings (SSSR count). The summed E-state index contributed by atoms with van der Waals surface area (Å²) in [5.74, 6) is 0.285. The van der Waals surface area contributed by atoms with Gasteiger partial charge in [0.2, 0.25) is 5.91 Å². The van der Waals surface area contributed by atoms with Crippen LogP contribution >= 0.6 is 11.8 Å². The molecule has 1 unspecified atom stereocenters. The Kier molecular flexibility index (Phi) is 6.82. The van der Waals surface area contributed by atoms with Crippen LogP contribution in [0.25, 0.3) is 0 Å². The van der Waals surface area contributed by atoms with E-state index in [1.54, 1.807) is 36.9 Å². The van der Waals surface area contributed by atoms with E-state index < -0.39 is 5.60 Å². The molecule has 0 fully saturated rings. The van der Waals surface area contributed by atoms with E-state index in [2.05, 4.69) is 5.32 Å². The van der Waals surface area contributed by atoms with Crippen molar-refractivity contribution in [3.8, 4) is 0 Å². The van der Waals surface area contributed by atoms with Crippen LogP contribution in [0.5, 0.6) is 0 Å². The van der Waals surface area contributed by atoms with Gasteiger partial charge < -0.3 is 10.1 Å². The van der Waals surface area contributed by atoms with Crippen LogP contribution in [-0.4, -0.2) is 25.3 Å². The normalized spacial score (nSPS) is 13.3. The zero-order valence-electron chi connectivity index (χ0n) is 13.9. The minimum absolute atomic E-state index is 0.0713. The number of carbonyl (C=O) groups is 1. The van der Waals surface area contributed by atoms with Gasteiger partial charge in [-0.05, 0) is 25.1 Å². The van der Waals surface area contributed by atoms with Gasteiger partial charge in [-0.15, -0.1) is 11.8 Å². The maximum atomic E-state index is 14.0. The van der Waals surface area contributed by atoms with Crippen LogP contribution in [0.2, 0.25) is 0 Å². The Hall–Kier alpha value is -1.85. The first kappa shape index (κ1) is 18.5. The molecule has 0 bridgehead atoms. The molecule has 0 saturated heterocycles. The third kappa shape index (κ3) is 5.08. The molecule has 0 aliphatic rings. The van der Waals surface area contributed by atoms with E-state index in [0.29, 0.717) is 17.7 Å². The smallest absolute Gasteiger partial charge is 0.220 e. The van der Waals surface area contributed by atoms with Crippen molar-refractivity contribution in [1.29, 1.82) is 0 Å². The van der Waals surface area contributed by atoms with Gasteiger partial charge in [-0.2, -0.15) is 0 Å². The Morgan fingerprint density at radius 3 is 2.50 bits per heavy atom. The molecular formula is C19H22FNO2S. The monoisotopic (exact) mass is 347 g/mol. The van der Waals surface area contributed by atoms with E-state index in [1.807, 2.05) is 30.3 Å². The summed E-state index contributed by atoms with van der Waals surface area (Å²) >= 11 is 1.63. The van der Waals surface area contributed by atoms with Crippen LogP contribution in [0.1, 0.15) is 18.9 Å². The van der Waals surface area contributed by atoms with Gasteiger partial charge in [0, 0.05) is 29.7 Å². The number of hydrogen-bond donors (Lipinski definition) is 1. The number of benzene rings is 2. The van der Waals surface area contributed by atoms with E-state index in [9.17, 15) is 9.18 Å². The molecule has 1 N–H and O–H groups in total. The highest BCUT2D eigenvalue weighted by atomic mass is 32.2. The third-order valence-corrected chi connectivity index (χ3v) is 4.87. The molecule has 1 atom stereocenters. The van der Waals surface area contributed by atoms with Crippen molar-refractivity contribution in [3.63, 3.8) is 0 Å². The second kappa shape index (κ2) is 8.85. The minimum Gasteiger partial charge on any atom is -0.372 e. The molecule has 0 heterocycles. The highest BCUT2D eigenvalue weighted by Crippen LogP contribution is 2.26. The van der Waals surface area contributed by atoms with E-state index in [0.717, 1.165) is 4.90 Å². The Morgan fingerprint density at radius 2 is 1.83 bits per heavy atom. The lowest BCUT2D eigenvalue weighted by Crippen LogP contribution is -2.40. The summed E-state index contributed by atoms with van der Waals surface area (Å²) in [6.07, 6.45) is 0.399. The summed E-state index contributed by atoms with van der Waals surface area (Å²) in [6, 6.07) is 16.4. The molecule has 2 aromatic rings. The number of halogens is 1. The van der Waals surface area contributed by atoms with E-state index in [1.165, 1.54) is 13.2 Å². The average molecular weight is 347 g/mol. The number of amides is 1. The van der Waals surface area contributed by atoms with Crippen LogP contribution in [0.4, 0.5) is 4.39 Å². The quantitative estimate of drug-likeness (QED) is 0.734. The molecule has 24 heavy (non-hydrogen) atoms. The van der Waals surface area contributed by atoms with E-state index >= 15 is 0 Å². The summed E-state index contributed by atoms with van der Waals surface area (Å²) in [4.78, 5) is 13.2. The number of rotatable bonds is 8. The van der Waals surface area contributed by atoms with Crippen molar-refractivity contribution in [2.75, 3.05) is 19.4 Å². The second-order valence-electron chi connectivity index (χ2n) is 5.60. The van der Waals surface area contributed by atoms with Gasteiger partial charge in [0.15, 0.2) is 0 Å². The van der Waals surface area contributed by atoms with Crippen molar-refractivity contribution in [2.45, 2.75) is 23.8 Å². The van der Waals surface area contributed by atoms with Gasteiger partial charge in [0.25, 0.3) is 0 Å². The lowest BCUT2D eigenvalue weighted by atomic mass is 9.95. The number of ether oxygens (including phenoxy) is 1. The molecule has 0 radical (unpaired) electrons. The van der Waals surface area contributed by atoms with Gasteiger partial charge in [-0.3, -0.25) is 4.79 Å². The lowest BCUT2D eigenvalue weighted by Gasteiger charge is -2.29. The fraction of sp³-hybridized carbons (Fsp3) is 0.316. The Morgan fingerprint density at radius 1 is 1.17 bits per heavy atom. The average Bonchev–Trinajstić information content (AvgIpc) is 2.61. The van der Waals surface area contributed by atoms with Gasteiger partial charge in [-0.25, -0.2) is 4.39 Å². The maximum Gasteiger partial charge on any atom is 0.220 e. The zero-order valence-corrected chi connectivity index (χ0v) is 14.7. The van der Waals surface area contributed by atoms with Crippen molar-refractivity contribution in [1.82, 2.24) is 5.32 Å². The number of carbonyl (C=O) groups excluding carboxylic acids is 1. The Bertz CT molecular complexity index is 665. The molecule has 5 heteroatoms. The van der Waals surface area contributed by atoms with Crippen molar-refractivity contribution in [2.24, 2.45) is 0 Å². The molecule has 3 nitrogen and oxygen atoms in total. The highest BCUT2D eigenvalue weighted by Gasteiger charge is 2.29. The molecule has 128 valence electrons. The Balaban J connectivity index is 1.84. The first-order chi connectivity index (χ1) is 11.5. The highest BCUT2D eigenvalue weighted by molar-refractivity contribution is 7.99. The van der Waals surface area contributed by atoms with E-state index in [-0.39, 0.29) is 18.3 Å². The van der Waals surface area contributed by atoms with E-state index in [4.69, 9.17) is 4.74 Å². The minimum atomic E-state index is -0.895. The van der Waals surface area contributed by atoms with Crippen LogP contribution in [0.3, 0.4) is 0 Å². The van der Waals surface area contributed by atoms with Crippen LogP contribution in [0, 0.1) is 5.82 Å². The lowest BCUT2D eigenvalue weighted by molar-refractivity contribution is -0.122. The van der Waals surface area contributed by atoms with Gasteiger partial charge in [-0.1, -0.05) is 36.4 Å². The molecule has 0 aliphatic carbocycles. The summed E-state index contributed by atoms with van der Waals surface area (Å²) in [5, 5.41) is 2.84. The van der Waals surface area contributed by atoms with Gasteiger partial charge >= 0.3 is 0 Å². The second-order valence-corrected chi connectivity index (χ2v) is 6.77.